The van der Waals surface area contributed by atoms with Crippen molar-refractivity contribution >= 4 is 44.7 Å². The Kier molecular flexibility index (Phi) is 5.00. The number of carbonyl (C=O) groups is 2. The van der Waals surface area contributed by atoms with E-state index in [2.05, 4.69) is 5.32 Å². The maximum Gasteiger partial charge on any atom is 0.348 e. The van der Waals surface area contributed by atoms with E-state index in [0.717, 1.165) is 15.8 Å². The van der Waals surface area contributed by atoms with Gasteiger partial charge in [-0.3, -0.25) is 4.79 Å². The zero-order chi connectivity index (χ0) is 17.8. The Labute approximate surface area is 149 Å². The predicted octanol–water partition coefficient (Wildman–Crippen LogP) is 3.76. The maximum absolute atomic E-state index is 12.1. The zero-order valence-electron chi connectivity index (χ0n) is 14.0. The molecule has 3 rings (SSSR count). The van der Waals surface area contributed by atoms with E-state index in [1.807, 2.05) is 55.4 Å². The van der Waals surface area contributed by atoms with Gasteiger partial charge in [0.05, 0.1) is 0 Å². The predicted molar refractivity (Wildman–Crippen MR) is 102 cm³/mol. The van der Waals surface area contributed by atoms with Crippen LogP contribution in [0.25, 0.3) is 10.1 Å². The number of nitrogens with one attached hydrogen (secondary N) is 1. The second kappa shape index (κ2) is 7.36. The molecule has 1 N–H and O–H groups in total. The van der Waals surface area contributed by atoms with Gasteiger partial charge >= 0.3 is 5.97 Å². The highest BCUT2D eigenvalue weighted by molar-refractivity contribution is 7.20. The molecular formula is C19H18N2O3S. The van der Waals surface area contributed by atoms with Crippen molar-refractivity contribution in [3.8, 4) is 0 Å². The normalized spacial score (nSPS) is 10.5. The molecule has 0 bridgehead atoms. The van der Waals surface area contributed by atoms with Gasteiger partial charge in [0, 0.05) is 30.2 Å². The van der Waals surface area contributed by atoms with Crippen molar-refractivity contribution in [1.29, 1.82) is 0 Å². The Hall–Kier alpha value is -2.86. The number of ether oxygens (including phenoxy) is 1. The summed E-state index contributed by atoms with van der Waals surface area (Å²) < 4.78 is 6.12. The molecule has 1 heterocycles. The van der Waals surface area contributed by atoms with Gasteiger partial charge in [-0.15, -0.1) is 11.3 Å². The number of rotatable bonds is 5. The SMILES string of the molecule is CN(C)c1ccc(NC(=O)COC(=O)c2cc3ccccc3s2)cc1. The number of esters is 1. The number of anilines is 2. The molecule has 0 aliphatic carbocycles. The molecule has 2 aromatic carbocycles. The van der Waals surface area contributed by atoms with Crippen LogP contribution in [0, 0.1) is 0 Å². The molecule has 5 nitrogen and oxygen atoms in total. The smallest absolute Gasteiger partial charge is 0.348 e. The first kappa shape index (κ1) is 17.0. The molecule has 128 valence electrons. The Morgan fingerprint density at radius 1 is 1.08 bits per heavy atom. The molecule has 0 aliphatic heterocycles. The highest BCUT2D eigenvalue weighted by Gasteiger charge is 2.13. The third-order valence-electron chi connectivity index (χ3n) is 3.63. The minimum absolute atomic E-state index is 0.317. The van der Waals surface area contributed by atoms with Gasteiger partial charge < -0.3 is 15.0 Å². The molecule has 25 heavy (non-hydrogen) atoms. The molecule has 1 amide bonds. The van der Waals surface area contributed by atoms with E-state index in [1.54, 1.807) is 18.2 Å². The van der Waals surface area contributed by atoms with Crippen molar-refractivity contribution in [2.75, 3.05) is 30.9 Å². The van der Waals surface area contributed by atoms with Crippen LogP contribution >= 0.6 is 11.3 Å². The van der Waals surface area contributed by atoms with Gasteiger partial charge in [0.25, 0.3) is 5.91 Å². The van der Waals surface area contributed by atoms with Gasteiger partial charge in [0.2, 0.25) is 0 Å². The third-order valence-corrected chi connectivity index (χ3v) is 4.72. The summed E-state index contributed by atoms with van der Waals surface area (Å²) >= 11 is 1.35. The van der Waals surface area contributed by atoms with Crippen LogP contribution < -0.4 is 10.2 Å². The summed E-state index contributed by atoms with van der Waals surface area (Å²) in [6.07, 6.45) is 0. The van der Waals surface area contributed by atoms with E-state index in [0.29, 0.717) is 10.6 Å². The number of hydrogen-bond donors (Lipinski definition) is 1. The topological polar surface area (TPSA) is 58.6 Å². The van der Waals surface area contributed by atoms with E-state index in [1.165, 1.54) is 11.3 Å². The molecule has 3 aromatic rings. The van der Waals surface area contributed by atoms with E-state index in [9.17, 15) is 9.59 Å². The summed E-state index contributed by atoms with van der Waals surface area (Å²) in [7, 11) is 3.89. The Morgan fingerprint density at radius 3 is 2.48 bits per heavy atom. The Morgan fingerprint density at radius 2 is 1.80 bits per heavy atom. The van der Waals surface area contributed by atoms with Gasteiger partial charge in [-0.25, -0.2) is 4.79 Å². The second-order valence-corrected chi connectivity index (χ2v) is 6.80. The van der Waals surface area contributed by atoms with Crippen molar-refractivity contribution in [2.24, 2.45) is 0 Å². The van der Waals surface area contributed by atoms with E-state index >= 15 is 0 Å². The van der Waals surface area contributed by atoms with E-state index in [4.69, 9.17) is 4.74 Å². The van der Waals surface area contributed by atoms with Gasteiger partial charge in [-0.05, 0) is 41.8 Å². The molecule has 6 heteroatoms. The molecule has 0 unspecified atom stereocenters. The van der Waals surface area contributed by atoms with E-state index < -0.39 is 5.97 Å². The van der Waals surface area contributed by atoms with Crippen LogP contribution in [0.5, 0.6) is 0 Å². The summed E-state index contributed by atoms with van der Waals surface area (Å²) in [6.45, 7) is -0.317. The molecule has 0 radical (unpaired) electrons. The molecule has 0 fully saturated rings. The monoisotopic (exact) mass is 354 g/mol. The largest absolute Gasteiger partial charge is 0.451 e. The van der Waals surface area contributed by atoms with Crippen LogP contribution in [0.4, 0.5) is 11.4 Å². The van der Waals surface area contributed by atoms with Crippen LogP contribution in [0.15, 0.2) is 54.6 Å². The second-order valence-electron chi connectivity index (χ2n) is 5.71. The van der Waals surface area contributed by atoms with Crippen molar-refractivity contribution < 1.29 is 14.3 Å². The van der Waals surface area contributed by atoms with Gasteiger partial charge in [0.15, 0.2) is 6.61 Å². The zero-order valence-corrected chi connectivity index (χ0v) is 14.8. The van der Waals surface area contributed by atoms with Crippen molar-refractivity contribution in [3.05, 3.63) is 59.5 Å². The van der Waals surface area contributed by atoms with Crippen LogP contribution in [0.3, 0.4) is 0 Å². The fourth-order valence-corrected chi connectivity index (χ4v) is 3.28. The average molecular weight is 354 g/mol. The maximum atomic E-state index is 12.1. The standard InChI is InChI=1S/C19H18N2O3S/c1-21(2)15-9-7-14(8-10-15)20-18(22)12-24-19(23)17-11-13-5-3-4-6-16(13)25-17/h3-11H,12H2,1-2H3,(H,20,22). The van der Waals surface area contributed by atoms with Crippen LogP contribution in [-0.4, -0.2) is 32.6 Å². The summed E-state index contributed by atoms with van der Waals surface area (Å²) in [6, 6.07) is 16.9. The first-order valence-corrected chi connectivity index (χ1v) is 8.57. The van der Waals surface area contributed by atoms with Crippen molar-refractivity contribution in [1.82, 2.24) is 0 Å². The molecule has 0 saturated heterocycles. The number of nitrogens with zero attached hydrogens (tertiary/aromatic N) is 1. The molecule has 0 atom stereocenters. The fraction of sp³-hybridized carbons (Fsp3) is 0.158. The third kappa shape index (κ3) is 4.16. The molecular weight excluding hydrogens is 336 g/mol. The highest BCUT2D eigenvalue weighted by atomic mass is 32.1. The number of carbonyl (C=O) groups excluding carboxylic acids is 2. The number of thiophene rings is 1. The molecule has 0 saturated carbocycles. The van der Waals surface area contributed by atoms with Crippen LogP contribution in [0.2, 0.25) is 0 Å². The lowest BCUT2D eigenvalue weighted by Gasteiger charge is -2.13. The Bertz CT molecular complexity index is 867. The molecule has 0 spiro atoms. The van der Waals surface area contributed by atoms with Crippen LogP contribution in [-0.2, 0) is 9.53 Å². The number of amides is 1. The number of fused-ring (bicyclic) bond motifs is 1. The summed E-state index contributed by atoms with van der Waals surface area (Å²) in [5, 5.41) is 3.70. The molecule has 1 aromatic heterocycles. The molecule has 0 aliphatic rings. The fourth-order valence-electron chi connectivity index (χ4n) is 2.32. The van der Waals surface area contributed by atoms with Gasteiger partial charge in [-0.2, -0.15) is 0 Å². The van der Waals surface area contributed by atoms with Gasteiger partial charge in [0.1, 0.15) is 4.88 Å². The number of benzene rings is 2. The summed E-state index contributed by atoms with van der Waals surface area (Å²) in [5.74, 6) is -0.855. The summed E-state index contributed by atoms with van der Waals surface area (Å²) in [4.78, 5) is 26.5. The summed E-state index contributed by atoms with van der Waals surface area (Å²) in [5.41, 5.74) is 1.70. The lowest BCUT2D eigenvalue weighted by Crippen LogP contribution is -2.20. The van der Waals surface area contributed by atoms with Crippen LogP contribution in [0.1, 0.15) is 9.67 Å². The first-order chi connectivity index (χ1) is 12.0. The number of hydrogen-bond acceptors (Lipinski definition) is 5. The van der Waals surface area contributed by atoms with Crippen molar-refractivity contribution in [3.63, 3.8) is 0 Å². The lowest BCUT2D eigenvalue weighted by atomic mass is 10.2. The lowest BCUT2D eigenvalue weighted by molar-refractivity contribution is -0.119. The van der Waals surface area contributed by atoms with Gasteiger partial charge in [-0.1, -0.05) is 18.2 Å². The minimum atomic E-state index is -0.487. The van der Waals surface area contributed by atoms with Crippen molar-refractivity contribution in [2.45, 2.75) is 0 Å². The average Bonchev–Trinajstić information content (AvgIpc) is 3.04. The first-order valence-electron chi connectivity index (χ1n) is 7.76. The Balaban J connectivity index is 1.55. The quantitative estimate of drug-likeness (QED) is 0.709. The highest BCUT2D eigenvalue weighted by Crippen LogP contribution is 2.25. The minimum Gasteiger partial charge on any atom is -0.451 e. The van der Waals surface area contributed by atoms with E-state index in [-0.39, 0.29) is 12.5 Å².